The summed E-state index contributed by atoms with van der Waals surface area (Å²) < 4.78 is 4.71. The molecule has 0 bridgehead atoms. The highest BCUT2D eigenvalue weighted by atomic mass is 16.5. The molecular weight excluding hydrogens is 476 g/mol. The van der Waals surface area contributed by atoms with Gasteiger partial charge in [0, 0.05) is 19.4 Å². The third-order valence-electron chi connectivity index (χ3n) is 6.57. The van der Waals surface area contributed by atoms with Crippen molar-refractivity contribution in [1.29, 1.82) is 0 Å². The van der Waals surface area contributed by atoms with Crippen LogP contribution in [0.4, 0.5) is 0 Å². The summed E-state index contributed by atoms with van der Waals surface area (Å²) in [6, 6.07) is 5.49. The van der Waals surface area contributed by atoms with Crippen molar-refractivity contribution >= 4 is 29.6 Å². The minimum atomic E-state index is -0.970. The van der Waals surface area contributed by atoms with Crippen LogP contribution in [0.15, 0.2) is 30.3 Å². The van der Waals surface area contributed by atoms with Gasteiger partial charge < -0.3 is 25.6 Å². The van der Waals surface area contributed by atoms with Gasteiger partial charge in [0.2, 0.25) is 23.6 Å². The molecule has 1 saturated heterocycles. The molecule has 1 aromatic rings. The number of hydrogen-bond acceptors (Lipinski definition) is 6. The molecule has 0 saturated carbocycles. The molecule has 0 spiro atoms. The molecule has 37 heavy (non-hydrogen) atoms. The van der Waals surface area contributed by atoms with Gasteiger partial charge in [-0.2, -0.15) is 0 Å². The maximum absolute atomic E-state index is 14.1. The van der Waals surface area contributed by atoms with Crippen LogP contribution in [0.2, 0.25) is 0 Å². The molecule has 0 radical (unpaired) electrons. The molecule has 0 unspecified atom stereocenters. The fraction of sp³-hybridized carbons (Fsp3) is 0.593. The summed E-state index contributed by atoms with van der Waals surface area (Å²) in [5.74, 6) is -2.30. The molecule has 1 heterocycles. The molecule has 0 aliphatic carbocycles. The molecule has 5 atom stereocenters. The number of nitrogens with zero attached hydrogens (tertiary/aromatic N) is 1. The smallest absolute Gasteiger partial charge is 0.328 e. The first-order valence-corrected chi connectivity index (χ1v) is 12.6. The highest BCUT2D eigenvalue weighted by molar-refractivity contribution is 5.95. The number of carbonyl (C=O) groups is 5. The van der Waals surface area contributed by atoms with E-state index in [2.05, 4.69) is 16.0 Å². The molecule has 4 amide bonds. The molecule has 2 rings (SSSR count). The fourth-order valence-corrected chi connectivity index (χ4v) is 4.67. The van der Waals surface area contributed by atoms with Crippen molar-refractivity contribution in [2.24, 2.45) is 5.41 Å². The number of hydrogen-bond donors (Lipinski definition) is 3. The number of ether oxygens (including phenoxy) is 1. The first-order valence-electron chi connectivity index (χ1n) is 12.6. The van der Waals surface area contributed by atoms with Crippen LogP contribution in [0.1, 0.15) is 59.9 Å². The molecule has 0 aromatic heterocycles. The standard InChI is InChI=1S/C27H40N4O6/c1-16(28-18(3)32)23(33)30-20(15-19-11-9-8-10-12-19)25(35)31-21(13-14-22(31)27(4,5)6)24(34)29-17(2)26(36)37-7/h8-12,16-17,20-22H,13-15H2,1-7H3,(H,28,32)(H,29,34)(H,30,33)/t16-,17-,20-,21-,22+/m0/s1. The molecule has 10 nitrogen and oxygen atoms in total. The highest BCUT2D eigenvalue weighted by Crippen LogP contribution is 2.37. The maximum Gasteiger partial charge on any atom is 0.328 e. The average molecular weight is 517 g/mol. The summed E-state index contributed by atoms with van der Waals surface area (Å²) in [7, 11) is 1.24. The van der Waals surface area contributed by atoms with Crippen molar-refractivity contribution in [2.75, 3.05) is 7.11 Å². The minimum Gasteiger partial charge on any atom is -0.467 e. The van der Waals surface area contributed by atoms with E-state index in [1.165, 1.54) is 21.0 Å². The van der Waals surface area contributed by atoms with E-state index in [0.717, 1.165) is 5.56 Å². The molecule has 1 aliphatic rings. The predicted octanol–water partition coefficient (Wildman–Crippen LogP) is 1.32. The van der Waals surface area contributed by atoms with E-state index in [1.807, 2.05) is 51.1 Å². The third-order valence-corrected chi connectivity index (χ3v) is 6.57. The van der Waals surface area contributed by atoms with Gasteiger partial charge in [-0.1, -0.05) is 51.1 Å². The fourth-order valence-electron chi connectivity index (χ4n) is 4.67. The van der Waals surface area contributed by atoms with Gasteiger partial charge in [-0.25, -0.2) is 4.79 Å². The van der Waals surface area contributed by atoms with Crippen LogP contribution in [-0.2, 0) is 35.1 Å². The molecule has 1 aromatic carbocycles. The Morgan fingerprint density at radius 2 is 1.59 bits per heavy atom. The zero-order valence-corrected chi connectivity index (χ0v) is 22.8. The Morgan fingerprint density at radius 3 is 2.14 bits per heavy atom. The monoisotopic (exact) mass is 516 g/mol. The summed E-state index contributed by atoms with van der Waals surface area (Å²) in [5.41, 5.74) is 0.490. The van der Waals surface area contributed by atoms with E-state index in [4.69, 9.17) is 4.74 Å². The van der Waals surface area contributed by atoms with Gasteiger partial charge in [0.15, 0.2) is 0 Å². The molecule has 10 heteroatoms. The van der Waals surface area contributed by atoms with E-state index in [0.29, 0.717) is 12.8 Å². The van der Waals surface area contributed by atoms with Gasteiger partial charge in [0.1, 0.15) is 24.2 Å². The lowest BCUT2D eigenvalue weighted by Gasteiger charge is -2.39. The van der Waals surface area contributed by atoms with Gasteiger partial charge in [-0.15, -0.1) is 0 Å². The van der Waals surface area contributed by atoms with Gasteiger partial charge in [0.25, 0.3) is 0 Å². The second kappa shape index (κ2) is 12.7. The largest absolute Gasteiger partial charge is 0.467 e. The maximum atomic E-state index is 14.1. The Bertz CT molecular complexity index is 990. The minimum absolute atomic E-state index is 0.207. The second-order valence-corrected chi connectivity index (χ2v) is 10.6. The van der Waals surface area contributed by atoms with Crippen LogP contribution in [0.5, 0.6) is 0 Å². The van der Waals surface area contributed by atoms with Gasteiger partial charge in [-0.05, 0) is 37.7 Å². The van der Waals surface area contributed by atoms with Crippen molar-refractivity contribution in [2.45, 2.75) is 91.0 Å². The van der Waals surface area contributed by atoms with Crippen LogP contribution in [0, 0.1) is 5.41 Å². The number of benzene rings is 1. The zero-order chi connectivity index (χ0) is 27.9. The van der Waals surface area contributed by atoms with Gasteiger partial charge in [0.05, 0.1) is 7.11 Å². The number of likely N-dealkylation sites (tertiary alicyclic amines) is 1. The van der Waals surface area contributed by atoms with Crippen LogP contribution >= 0.6 is 0 Å². The Balaban J connectivity index is 2.40. The van der Waals surface area contributed by atoms with E-state index in [-0.39, 0.29) is 23.8 Å². The first-order chi connectivity index (χ1) is 17.3. The van der Waals surface area contributed by atoms with Crippen molar-refractivity contribution in [3.05, 3.63) is 35.9 Å². The van der Waals surface area contributed by atoms with Gasteiger partial charge in [-0.3, -0.25) is 19.2 Å². The van der Waals surface area contributed by atoms with E-state index in [1.54, 1.807) is 11.8 Å². The van der Waals surface area contributed by atoms with Crippen LogP contribution < -0.4 is 16.0 Å². The summed E-state index contributed by atoms with van der Waals surface area (Å²) in [6.07, 6.45) is 1.22. The Hall–Kier alpha value is -3.43. The number of rotatable bonds is 9. The molecular formula is C27H40N4O6. The van der Waals surface area contributed by atoms with E-state index in [9.17, 15) is 24.0 Å². The summed E-state index contributed by atoms with van der Waals surface area (Å²) in [6.45, 7) is 10.4. The second-order valence-electron chi connectivity index (χ2n) is 10.6. The van der Waals surface area contributed by atoms with Crippen molar-refractivity contribution in [3.8, 4) is 0 Å². The van der Waals surface area contributed by atoms with Crippen molar-refractivity contribution < 1.29 is 28.7 Å². The first kappa shape index (κ1) is 29.8. The van der Waals surface area contributed by atoms with E-state index < -0.39 is 47.9 Å². The van der Waals surface area contributed by atoms with Crippen molar-refractivity contribution in [3.63, 3.8) is 0 Å². The van der Waals surface area contributed by atoms with Gasteiger partial charge >= 0.3 is 5.97 Å². The average Bonchev–Trinajstić information content (AvgIpc) is 3.28. The number of carbonyl (C=O) groups excluding carboxylic acids is 5. The molecule has 1 aliphatic heterocycles. The highest BCUT2D eigenvalue weighted by Gasteiger charge is 2.47. The number of esters is 1. The SMILES string of the molecule is COC(=O)[C@H](C)NC(=O)[C@@H]1CC[C@H](C(C)(C)C)N1C(=O)[C@H](Cc1ccccc1)NC(=O)[C@H](C)NC(C)=O. The number of amides is 4. The Labute approximate surface area is 218 Å². The molecule has 3 N–H and O–H groups in total. The van der Waals surface area contributed by atoms with Crippen LogP contribution in [-0.4, -0.2) is 71.8 Å². The summed E-state index contributed by atoms with van der Waals surface area (Å²) in [4.78, 5) is 65.2. The van der Waals surface area contributed by atoms with E-state index >= 15 is 0 Å². The number of methoxy groups -OCH3 is 1. The lowest BCUT2D eigenvalue weighted by Crippen LogP contribution is -2.60. The molecule has 1 fully saturated rings. The molecule has 204 valence electrons. The predicted molar refractivity (Wildman–Crippen MR) is 138 cm³/mol. The zero-order valence-electron chi connectivity index (χ0n) is 22.8. The Morgan fingerprint density at radius 1 is 0.973 bits per heavy atom. The summed E-state index contributed by atoms with van der Waals surface area (Å²) in [5, 5.41) is 7.99. The lowest BCUT2D eigenvalue weighted by molar-refractivity contribution is -0.148. The topological polar surface area (TPSA) is 134 Å². The van der Waals surface area contributed by atoms with Crippen LogP contribution in [0.3, 0.4) is 0 Å². The third kappa shape index (κ3) is 8.03. The number of nitrogens with one attached hydrogen (secondary N) is 3. The lowest BCUT2D eigenvalue weighted by atomic mass is 9.85. The van der Waals surface area contributed by atoms with Crippen molar-refractivity contribution in [1.82, 2.24) is 20.9 Å². The Kier molecular flexibility index (Phi) is 10.2. The normalized spacial score (nSPS) is 19.8. The summed E-state index contributed by atoms with van der Waals surface area (Å²) >= 11 is 0. The van der Waals surface area contributed by atoms with Crippen LogP contribution in [0.25, 0.3) is 0 Å². The quantitative estimate of drug-likeness (QED) is 0.424.